The van der Waals surface area contributed by atoms with Crippen molar-refractivity contribution in [2.45, 2.75) is 44.2 Å². The molecule has 1 fully saturated rings. The van der Waals surface area contributed by atoms with E-state index in [1.807, 2.05) is 0 Å². The molecular weight excluding hydrogens is 268 g/mol. The Bertz CT molecular complexity index is 385. The van der Waals surface area contributed by atoms with Crippen molar-refractivity contribution in [1.82, 2.24) is 10.2 Å². The Morgan fingerprint density at radius 3 is 2.25 bits per heavy atom. The molecule has 114 valence electrons. The summed E-state index contributed by atoms with van der Waals surface area (Å²) >= 11 is 0. The summed E-state index contributed by atoms with van der Waals surface area (Å²) in [5.74, 6) is -2.37. The van der Waals surface area contributed by atoms with Crippen LogP contribution in [-0.4, -0.2) is 62.9 Å². The van der Waals surface area contributed by atoms with Gasteiger partial charge in [-0.15, -0.1) is 0 Å². The van der Waals surface area contributed by atoms with Gasteiger partial charge in [0, 0.05) is 19.5 Å². The molecule has 0 radical (unpaired) electrons. The monoisotopic (exact) mass is 288 g/mol. The number of hydrogen-bond donors (Lipinski definition) is 4. The van der Waals surface area contributed by atoms with E-state index >= 15 is 0 Å². The number of carboxylic acids is 2. The topological polar surface area (TPSA) is 127 Å². The molecular formula is C12H20N2O6. The quantitative estimate of drug-likeness (QED) is 0.557. The van der Waals surface area contributed by atoms with Crippen LogP contribution in [0, 0.1) is 0 Å². The average Bonchev–Trinajstić information content (AvgIpc) is 2.33. The number of carbonyl (C=O) groups is 3. The molecule has 1 atom stereocenters. The van der Waals surface area contributed by atoms with Crippen LogP contribution in [0.5, 0.6) is 0 Å². The molecule has 4 N–H and O–H groups in total. The molecule has 0 aliphatic carbocycles. The van der Waals surface area contributed by atoms with Gasteiger partial charge in [-0.2, -0.15) is 0 Å². The first-order valence-corrected chi connectivity index (χ1v) is 6.44. The van der Waals surface area contributed by atoms with E-state index in [4.69, 9.17) is 10.2 Å². The standard InChI is InChI=1S/C12H20N2O6/c1-12(20)4-6-14(7-5-12)11(19)13-8(10(17)18)2-3-9(15)16/h8,20H,2-7H2,1H3,(H,13,19)(H,15,16)(H,17,18)/t8-/m0/s1. The molecule has 0 aromatic carbocycles. The van der Waals surface area contributed by atoms with Gasteiger partial charge in [0.15, 0.2) is 0 Å². The molecule has 0 bridgehead atoms. The molecule has 0 aromatic heterocycles. The normalized spacial score (nSPS) is 19.2. The molecule has 20 heavy (non-hydrogen) atoms. The first kappa shape index (κ1) is 16.2. The van der Waals surface area contributed by atoms with E-state index in [1.165, 1.54) is 4.90 Å². The number of likely N-dealkylation sites (tertiary alicyclic amines) is 1. The predicted octanol–water partition coefficient (Wildman–Crippen LogP) is -0.139. The minimum absolute atomic E-state index is 0.165. The van der Waals surface area contributed by atoms with E-state index in [-0.39, 0.29) is 12.8 Å². The smallest absolute Gasteiger partial charge is 0.326 e. The molecule has 1 rings (SSSR count). The first-order valence-electron chi connectivity index (χ1n) is 6.44. The fourth-order valence-electron chi connectivity index (χ4n) is 1.96. The summed E-state index contributed by atoms with van der Waals surface area (Å²) in [6, 6.07) is -1.76. The fraction of sp³-hybridized carbons (Fsp3) is 0.750. The number of nitrogens with zero attached hydrogens (tertiary/aromatic N) is 1. The van der Waals surface area contributed by atoms with Crippen molar-refractivity contribution >= 4 is 18.0 Å². The molecule has 1 heterocycles. The minimum Gasteiger partial charge on any atom is -0.481 e. The number of urea groups is 1. The zero-order chi connectivity index (χ0) is 15.3. The second-order valence-corrected chi connectivity index (χ2v) is 5.26. The molecule has 0 aromatic rings. The van der Waals surface area contributed by atoms with Gasteiger partial charge >= 0.3 is 18.0 Å². The summed E-state index contributed by atoms with van der Waals surface area (Å²) in [7, 11) is 0. The highest BCUT2D eigenvalue weighted by molar-refractivity contribution is 5.83. The van der Waals surface area contributed by atoms with Gasteiger partial charge in [0.1, 0.15) is 6.04 Å². The maximum atomic E-state index is 11.9. The summed E-state index contributed by atoms with van der Waals surface area (Å²) in [5.41, 5.74) is -0.799. The molecule has 0 spiro atoms. The maximum absolute atomic E-state index is 11.9. The summed E-state index contributed by atoms with van der Waals surface area (Å²) in [6.07, 6.45) is 0.356. The van der Waals surface area contributed by atoms with Crippen LogP contribution in [-0.2, 0) is 9.59 Å². The van der Waals surface area contributed by atoms with Gasteiger partial charge in [-0.05, 0) is 26.2 Å². The Balaban J connectivity index is 2.50. The van der Waals surface area contributed by atoms with Crippen molar-refractivity contribution in [1.29, 1.82) is 0 Å². The molecule has 2 amide bonds. The number of nitrogens with one attached hydrogen (secondary N) is 1. The van der Waals surface area contributed by atoms with Crippen molar-refractivity contribution < 1.29 is 29.7 Å². The molecule has 1 saturated heterocycles. The average molecular weight is 288 g/mol. The maximum Gasteiger partial charge on any atom is 0.326 e. The third-order valence-electron chi connectivity index (χ3n) is 3.37. The number of carbonyl (C=O) groups excluding carboxylic acids is 1. The van der Waals surface area contributed by atoms with E-state index < -0.39 is 29.6 Å². The van der Waals surface area contributed by atoms with Crippen molar-refractivity contribution in [2.24, 2.45) is 0 Å². The van der Waals surface area contributed by atoms with Crippen LogP contribution in [0.4, 0.5) is 4.79 Å². The van der Waals surface area contributed by atoms with Crippen LogP contribution < -0.4 is 5.32 Å². The van der Waals surface area contributed by atoms with Gasteiger partial charge < -0.3 is 25.5 Å². The Labute approximate surface area is 116 Å². The number of carboxylic acid groups (broad SMARTS) is 2. The molecule has 1 aliphatic heterocycles. The third-order valence-corrected chi connectivity index (χ3v) is 3.37. The lowest BCUT2D eigenvalue weighted by atomic mass is 9.94. The van der Waals surface area contributed by atoms with Crippen LogP contribution in [0.15, 0.2) is 0 Å². The van der Waals surface area contributed by atoms with Crippen LogP contribution in [0.3, 0.4) is 0 Å². The van der Waals surface area contributed by atoms with Gasteiger partial charge in [-0.25, -0.2) is 9.59 Å². The van der Waals surface area contributed by atoms with Crippen LogP contribution in [0.1, 0.15) is 32.6 Å². The van der Waals surface area contributed by atoms with E-state index in [9.17, 15) is 19.5 Å². The number of rotatable bonds is 5. The van der Waals surface area contributed by atoms with Gasteiger partial charge in [0.25, 0.3) is 0 Å². The van der Waals surface area contributed by atoms with Crippen molar-refractivity contribution in [3.05, 3.63) is 0 Å². The zero-order valence-electron chi connectivity index (χ0n) is 11.3. The SMILES string of the molecule is CC1(O)CCN(C(=O)N[C@@H](CCC(=O)O)C(=O)O)CC1. The largest absolute Gasteiger partial charge is 0.481 e. The van der Waals surface area contributed by atoms with Gasteiger partial charge in [-0.1, -0.05) is 0 Å². The molecule has 0 saturated carbocycles. The Kier molecular flexibility index (Phi) is 5.32. The van der Waals surface area contributed by atoms with E-state index in [1.54, 1.807) is 6.92 Å². The number of hydrogen-bond acceptors (Lipinski definition) is 4. The van der Waals surface area contributed by atoms with E-state index in [0.717, 1.165) is 0 Å². The predicted molar refractivity (Wildman–Crippen MR) is 68.3 cm³/mol. The zero-order valence-corrected chi connectivity index (χ0v) is 11.3. The number of aliphatic hydroxyl groups is 1. The summed E-state index contributed by atoms with van der Waals surface area (Å²) in [6.45, 7) is 2.36. The van der Waals surface area contributed by atoms with Gasteiger partial charge in [-0.3, -0.25) is 4.79 Å². The van der Waals surface area contributed by atoms with E-state index in [0.29, 0.717) is 25.9 Å². The van der Waals surface area contributed by atoms with Gasteiger partial charge in [0.2, 0.25) is 0 Å². The lowest BCUT2D eigenvalue weighted by molar-refractivity contribution is -0.140. The summed E-state index contributed by atoms with van der Waals surface area (Å²) < 4.78 is 0. The first-order chi connectivity index (χ1) is 9.21. The second kappa shape index (κ2) is 6.56. The van der Waals surface area contributed by atoms with Crippen molar-refractivity contribution in [3.63, 3.8) is 0 Å². The molecule has 0 unspecified atom stereocenters. The van der Waals surface area contributed by atoms with Crippen LogP contribution in [0.2, 0.25) is 0 Å². The second-order valence-electron chi connectivity index (χ2n) is 5.26. The molecule has 8 nitrogen and oxygen atoms in total. The number of piperidine rings is 1. The Morgan fingerprint density at radius 1 is 1.25 bits per heavy atom. The van der Waals surface area contributed by atoms with Crippen LogP contribution >= 0.6 is 0 Å². The van der Waals surface area contributed by atoms with E-state index in [2.05, 4.69) is 5.32 Å². The lowest BCUT2D eigenvalue weighted by Crippen LogP contribution is -2.52. The highest BCUT2D eigenvalue weighted by Gasteiger charge is 2.31. The number of amides is 2. The highest BCUT2D eigenvalue weighted by atomic mass is 16.4. The Hall–Kier alpha value is -1.83. The molecule has 1 aliphatic rings. The summed E-state index contributed by atoms with van der Waals surface area (Å²) in [4.78, 5) is 34.7. The minimum atomic E-state index is -1.26. The van der Waals surface area contributed by atoms with Gasteiger partial charge in [0.05, 0.1) is 5.60 Å². The van der Waals surface area contributed by atoms with Crippen molar-refractivity contribution in [2.75, 3.05) is 13.1 Å². The summed E-state index contributed by atoms with van der Waals surface area (Å²) in [5, 5.41) is 29.6. The lowest BCUT2D eigenvalue weighted by Gasteiger charge is -2.36. The number of aliphatic carboxylic acids is 2. The van der Waals surface area contributed by atoms with Crippen molar-refractivity contribution in [3.8, 4) is 0 Å². The fourth-order valence-corrected chi connectivity index (χ4v) is 1.96. The van der Waals surface area contributed by atoms with Crippen LogP contribution in [0.25, 0.3) is 0 Å². The third kappa shape index (κ3) is 5.04. The highest BCUT2D eigenvalue weighted by Crippen LogP contribution is 2.21. The molecule has 8 heteroatoms. The Morgan fingerprint density at radius 2 is 1.80 bits per heavy atom.